The molecule has 0 bridgehead atoms. The van der Waals surface area contributed by atoms with Crippen molar-refractivity contribution in [2.75, 3.05) is 14.7 Å². The zero-order valence-electron chi connectivity index (χ0n) is 49.4. The van der Waals surface area contributed by atoms with Crippen LogP contribution in [0.1, 0.15) is 168 Å². The molecule has 7 aromatic rings. The molecule has 0 aromatic heterocycles. The second-order valence-electron chi connectivity index (χ2n) is 29.5. The normalized spacial score (nSPS) is 24.2. The maximum absolute atomic E-state index is 3.01. The third-order valence-electron chi connectivity index (χ3n) is 20.9. The fourth-order valence-corrected chi connectivity index (χ4v) is 17.5. The van der Waals surface area contributed by atoms with Crippen LogP contribution in [-0.2, 0) is 27.1 Å². The first-order valence-corrected chi connectivity index (χ1v) is 33.1. The molecule has 394 valence electrons. The minimum absolute atomic E-state index is 0.0190. The highest BCUT2D eigenvalue weighted by molar-refractivity contribution is 7.01. The summed E-state index contributed by atoms with van der Waals surface area (Å²) in [5.74, 6) is 0. The first-order valence-electron chi connectivity index (χ1n) is 29.6. The van der Waals surface area contributed by atoms with Crippen LogP contribution in [0.15, 0.2) is 140 Å². The zero-order valence-corrected chi connectivity index (χ0v) is 50.4. The Labute approximate surface area is 464 Å². The highest BCUT2D eigenvalue weighted by atomic mass is 28.3. The Kier molecular flexibility index (Phi) is 11.0. The van der Waals surface area contributed by atoms with Crippen molar-refractivity contribution in [3.63, 3.8) is 0 Å². The van der Waals surface area contributed by atoms with Gasteiger partial charge in [-0.05, 0) is 148 Å². The minimum atomic E-state index is -1.87. The second kappa shape index (κ2) is 16.6. The number of hydrogen-bond acceptors (Lipinski definition) is 3. The molecular formula is C72H84BN3Si. The Morgan fingerprint density at radius 2 is 1.03 bits per heavy atom. The highest BCUT2D eigenvalue weighted by Crippen LogP contribution is 2.66. The smallest absolute Gasteiger partial charge is 0.252 e. The molecule has 4 aliphatic heterocycles. The number of fused-ring (bicyclic) bond motifs is 10. The monoisotopic (exact) mass is 1030 g/mol. The molecule has 3 nitrogen and oxygen atoms in total. The fraction of sp³-hybridized carbons (Fsp3) is 0.417. The molecule has 13 rings (SSSR count). The van der Waals surface area contributed by atoms with Crippen molar-refractivity contribution in [2.45, 2.75) is 192 Å². The Hall–Kier alpha value is -5.78. The van der Waals surface area contributed by atoms with Gasteiger partial charge in [0.15, 0.2) is 0 Å². The molecule has 2 saturated carbocycles. The molecule has 0 spiro atoms. The van der Waals surface area contributed by atoms with Gasteiger partial charge in [0, 0.05) is 50.5 Å². The molecular weight excluding hydrogens is 946 g/mol. The van der Waals surface area contributed by atoms with Gasteiger partial charge in [-0.2, -0.15) is 0 Å². The van der Waals surface area contributed by atoms with E-state index in [4.69, 9.17) is 0 Å². The van der Waals surface area contributed by atoms with E-state index in [1.54, 1.807) is 10.8 Å². The van der Waals surface area contributed by atoms with Crippen LogP contribution in [0.25, 0.3) is 11.1 Å². The van der Waals surface area contributed by atoms with E-state index < -0.39 is 8.07 Å². The summed E-state index contributed by atoms with van der Waals surface area (Å²) in [6.45, 7) is 37.2. The van der Waals surface area contributed by atoms with E-state index in [1.807, 2.05) is 0 Å². The van der Waals surface area contributed by atoms with Gasteiger partial charge in [0.2, 0.25) is 0 Å². The number of hydrogen-bond donors (Lipinski definition) is 0. The highest BCUT2D eigenvalue weighted by Gasteiger charge is 2.65. The average Bonchev–Trinajstić information content (AvgIpc) is 2.88. The van der Waals surface area contributed by atoms with E-state index in [1.165, 1.54) is 127 Å². The molecule has 4 atom stereocenters. The summed E-state index contributed by atoms with van der Waals surface area (Å²) >= 11 is 0. The minimum Gasteiger partial charge on any atom is -0.335 e. The molecule has 6 aliphatic rings. The number of anilines is 7. The van der Waals surface area contributed by atoms with E-state index in [9.17, 15) is 0 Å². The van der Waals surface area contributed by atoms with E-state index in [0.717, 1.165) is 19.3 Å². The van der Waals surface area contributed by atoms with Gasteiger partial charge in [0.05, 0.1) is 24.8 Å². The summed E-state index contributed by atoms with van der Waals surface area (Å²) in [4.78, 5) is 8.66. The summed E-state index contributed by atoms with van der Waals surface area (Å²) in [5, 5.41) is 1.57. The lowest BCUT2D eigenvalue weighted by Gasteiger charge is -2.54. The topological polar surface area (TPSA) is 9.72 Å². The number of rotatable bonds is 5. The molecule has 0 radical (unpaired) electrons. The molecule has 77 heavy (non-hydrogen) atoms. The van der Waals surface area contributed by atoms with Crippen molar-refractivity contribution in [1.29, 1.82) is 0 Å². The summed E-state index contributed by atoms with van der Waals surface area (Å²) in [7, 11) is -1.87. The van der Waals surface area contributed by atoms with Crippen LogP contribution < -0.4 is 36.3 Å². The van der Waals surface area contributed by atoms with Crippen molar-refractivity contribution < 1.29 is 0 Å². The van der Waals surface area contributed by atoms with Gasteiger partial charge in [-0.15, -0.1) is 0 Å². The molecule has 5 heteroatoms. The van der Waals surface area contributed by atoms with Gasteiger partial charge in [-0.1, -0.05) is 223 Å². The summed E-state index contributed by atoms with van der Waals surface area (Å²) in [5.41, 5.74) is 24.6. The van der Waals surface area contributed by atoms with E-state index in [-0.39, 0.29) is 44.9 Å². The maximum atomic E-state index is 3.01. The first kappa shape index (κ1) is 50.7. The predicted molar refractivity (Wildman–Crippen MR) is 336 cm³/mol. The Morgan fingerprint density at radius 1 is 0.468 bits per heavy atom. The van der Waals surface area contributed by atoms with Crippen LogP contribution >= 0.6 is 0 Å². The van der Waals surface area contributed by atoms with Crippen LogP contribution in [0.5, 0.6) is 0 Å². The largest absolute Gasteiger partial charge is 0.335 e. The third-order valence-corrected chi connectivity index (χ3v) is 22.9. The van der Waals surface area contributed by atoms with Crippen molar-refractivity contribution in [1.82, 2.24) is 0 Å². The van der Waals surface area contributed by atoms with Crippen LogP contribution in [0, 0.1) is 0 Å². The van der Waals surface area contributed by atoms with Gasteiger partial charge in [-0.3, -0.25) is 0 Å². The van der Waals surface area contributed by atoms with Gasteiger partial charge < -0.3 is 14.7 Å². The van der Waals surface area contributed by atoms with Crippen molar-refractivity contribution >= 4 is 76.2 Å². The van der Waals surface area contributed by atoms with E-state index in [2.05, 4.69) is 257 Å². The molecule has 2 fully saturated rings. The Morgan fingerprint density at radius 3 is 1.68 bits per heavy atom. The molecule has 4 heterocycles. The lowest BCUT2D eigenvalue weighted by molar-refractivity contribution is 0.194. The number of benzene rings is 7. The van der Waals surface area contributed by atoms with Crippen molar-refractivity contribution in [3.05, 3.63) is 173 Å². The third kappa shape index (κ3) is 7.06. The summed E-state index contributed by atoms with van der Waals surface area (Å²) < 4.78 is 0. The first-order chi connectivity index (χ1) is 36.3. The Bertz CT molecular complexity index is 3550. The molecule has 2 aliphatic carbocycles. The molecule has 7 aromatic carbocycles. The van der Waals surface area contributed by atoms with Crippen LogP contribution in [0.3, 0.4) is 0 Å². The predicted octanol–water partition coefficient (Wildman–Crippen LogP) is 16.9. The molecule has 4 unspecified atom stereocenters. The standard InChI is InChI=1S/C72H84BN3Si/c1-66(2,3)49-30-33-59(54(40-49)47-26-18-16-19-27-47)74-61-35-32-51(68(7,8)9)42-57(61)73-58-46-53(77(13,14)15)45-56-65(58)76(71(12)38-24-25-39-72(56,71)48-28-20-17-21-29-48)63-44-52(43-62(74)64(63)73)75-60-34-31-50(67(4,5)6)41-55(60)69(10)36-22-23-37-70(69,75)11/h16-21,26-35,40-46H,22-25,36-39H2,1-15H3. The van der Waals surface area contributed by atoms with E-state index >= 15 is 0 Å². The van der Waals surface area contributed by atoms with Gasteiger partial charge in [0.25, 0.3) is 6.71 Å². The molecule has 0 amide bonds. The van der Waals surface area contributed by atoms with Gasteiger partial charge in [0.1, 0.15) is 0 Å². The zero-order chi connectivity index (χ0) is 54.2. The van der Waals surface area contributed by atoms with Crippen molar-refractivity contribution in [3.8, 4) is 11.1 Å². The fourth-order valence-electron chi connectivity index (χ4n) is 16.3. The summed E-state index contributed by atoms with van der Waals surface area (Å²) in [6, 6.07) is 56.8. The quantitative estimate of drug-likeness (QED) is 0.159. The average molecular weight is 1030 g/mol. The summed E-state index contributed by atoms with van der Waals surface area (Å²) in [6.07, 6.45) is 9.54. The van der Waals surface area contributed by atoms with Gasteiger partial charge >= 0.3 is 0 Å². The maximum Gasteiger partial charge on any atom is 0.252 e. The van der Waals surface area contributed by atoms with Crippen LogP contribution in [-0.4, -0.2) is 25.9 Å². The van der Waals surface area contributed by atoms with Crippen molar-refractivity contribution in [2.24, 2.45) is 0 Å². The van der Waals surface area contributed by atoms with Gasteiger partial charge in [-0.25, -0.2) is 0 Å². The van der Waals surface area contributed by atoms with Crippen LogP contribution in [0.2, 0.25) is 19.6 Å². The SMILES string of the molecule is CC(C)(C)c1ccc2c(c1)B1c3cc([Si](C)(C)C)cc4c3N(c3cc(N5c6ccc(C(C)(C)C)cc6C6(C)CCCCC56C)cc(c31)N2c1ccc(C(C)(C)C)cc1-c1ccccc1)C1(C)CCCCC41c1ccccc1. The molecule has 0 N–H and O–H groups in total. The van der Waals surface area contributed by atoms with E-state index in [0.29, 0.717) is 0 Å². The second-order valence-corrected chi connectivity index (χ2v) is 34.5. The Balaban J connectivity index is 1.21. The molecule has 0 saturated heterocycles. The number of nitrogens with zero attached hydrogens (tertiary/aromatic N) is 3. The van der Waals surface area contributed by atoms with Crippen LogP contribution in [0.4, 0.5) is 39.8 Å². The lowest BCUT2D eigenvalue weighted by atomic mass is 9.33. The lowest BCUT2D eigenvalue weighted by Crippen LogP contribution is -2.65.